The van der Waals surface area contributed by atoms with Gasteiger partial charge in [0.05, 0.1) is 30.4 Å². The molecule has 7 nitrogen and oxygen atoms in total. The minimum absolute atomic E-state index is 0.0383. The molecular weight excluding hydrogens is 439 g/mol. The number of ether oxygens (including phenoxy) is 1. The fourth-order valence-electron chi connectivity index (χ4n) is 3.46. The lowest BCUT2D eigenvalue weighted by atomic mass is 10.1. The number of aromatic nitrogens is 1. The molecule has 0 bridgehead atoms. The monoisotopic (exact) mass is 467 g/mol. The zero-order chi connectivity index (χ0) is 24.9. The number of carbonyl (C=O) groups is 3. The maximum absolute atomic E-state index is 13.2. The number of amides is 1. The summed E-state index contributed by atoms with van der Waals surface area (Å²) in [5.41, 5.74) is 0.471. The Morgan fingerprint density at radius 1 is 1.12 bits per heavy atom. The second kappa shape index (κ2) is 10.7. The number of nitrogens with one attached hydrogen (secondary N) is 1. The lowest BCUT2D eigenvalue weighted by molar-refractivity contribution is -0.137. The number of halogens is 3. The minimum Gasteiger partial charge on any atom is -0.465 e. The molecule has 1 aromatic carbocycles. The first kappa shape index (κ1) is 26.1. The van der Waals surface area contributed by atoms with Crippen molar-refractivity contribution in [3.8, 4) is 0 Å². The number of esters is 1. The van der Waals surface area contributed by atoms with Crippen LogP contribution in [0.3, 0.4) is 0 Å². The number of carbonyl (C=O) groups excluding carboxylic acids is 3. The fourth-order valence-corrected chi connectivity index (χ4v) is 3.46. The van der Waals surface area contributed by atoms with Gasteiger partial charge in [-0.15, -0.1) is 0 Å². The van der Waals surface area contributed by atoms with Gasteiger partial charge < -0.3 is 19.5 Å². The van der Waals surface area contributed by atoms with Crippen molar-refractivity contribution in [2.24, 2.45) is 0 Å². The van der Waals surface area contributed by atoms with E-state index < -0.39 is 23.6 Å². The molecule has 1 aromatic heterocycles. The summed E-state index contributed by atoms with van der Waals surface area (Å²) in [6, 6.07) is 4.82. The summed E-state index contributed by atoms with van der Waals surface area (Å²) in [5.74, 6) is -1.39. The quantitative estimate of drug-likeness (QED) is 0.451. The van der Waals surface area contributed by atoms with Gasteiger partial charge in [-0.1, -0.05) is 12.1 Å². The smallest absolute Gasteiger partial charge is 0.416 e. The zero-order valence-electron chi connectivity index (χ0n) is 19.3. The summed E-state index contributed by atoms with van der Waals surface area (Å²) >= 11 is 0. The highest BCUT2D eigenvalue weighted by Crippen LogP contribution is 2.30. The zero-order valence-corrected chi connectivity index (χ0v) is 19.3. The molecular formula is C23H28F3N3O4. The fraction of sp³-hybridized carbons (Fsp3) is 0.435. The molecule has 180 valence electrons. The van der Waals surface area contributed by atoms with Gasteiger partial charge in [-0.25, -0.2) is 4.79 Å². The number of alkyl halides is 3. The Balaban J connectivity index is 2.36. The predicted octanol–water partition coefficient (Wildman–Crippen LogP) is 3.46. The van der Waals surface area contributed by atoms with Crippen LogP contribution in [0, 0.1) is 6.92 Å². The molecule has 2 rings (SSSR count). The van der Waals surface area contributed by atoms with Gasteiger partial charge in [0, 0.05) is 32.3 Å². The van der Waals surface area contributed by atoms with E-state index in [0.29, 0.717) is 17.7 Å². The van der Waals surface area contributed by atoms with Gasteiger partial charge in [-0.3, -0.25) is 9.59 Å². The summed E-state index contributed by atoms with van der Waals surface area (Å²) in [6.07, 6.45) is -4.74. The number of methoxy groups -OCH3 is 1. The van der Waals surface area contributed by atoms with Crippen LogP contribution in [0.25, 0.3) is 0 Å². The van der Waals surface area contributed by atoms with Crippen molar-refractivity contribution in [2.75, 3.05) is 34.3 Å². The van der Waals surface area contributed by atoms with Crippen LogP contribution in [-0.4, -0.2) is 66.7 Å². The van der Waals surface area contributed by atoms with Gasteiger partial charge >= 0.3 is 12.1 Å². The predicted molar refractivity (Wildman–Crippen MR) is 116 cm³/mol. The number of Topliss-reactive ketones (excluding diaryl/α,β-unsaturated/α-hetero) is 1. The second-order valence-electron chi connectivity index (χ2n) is 8.02. The van der Waals surface area contributed by atoms with Gasteiger partial charge in [0.2, 0.25) is 5.91 Å². The maximum atomic E-state index is 13.2. The van der Waals surface area contributed by atoms with Crippen molar-refractivity contribution in [3.63, 3.8) is 0 Å². The molecule has 0 aliphatic heterocycles. The van der Waals surface area contributed by atoms with Crippen LogP contribution < -0.4 is 0 Å². The summed E-state index contributed by atoms with van der Waals surface area (Å²) in [4.78, 5) is 43.5. The molecule has 1 amide bonds. The van der Waals surface area contributed by atoms with Crippen molar-refractivity contribution >= 4 is 17.7 Å². The number of hydrogen-bond acceptors (Lipinski definition) is 5. The molecule has 0 aliphatic carbocycles. The van der Waals surface area contributed by atoms with Crippen molar-refractivity contribution in [1.82, 2.24) is 14.8 Å². The van der Waals surface area contributed by atoms with E-state index in [1.54, 1.807) is 6.92 Å². The van der Waals surface area contributed by atoms with E-state index >= 15 is 0 Å². The van der Waals surface area contributed by atoms with Crippen molar-refractivity contribution in [1.29, 1.82) is 0 Å². The number of benzene rings is 1. The Labute approximate surface area is 190 Å². The van der Waals surface area contributed by atoms with E-state index in [0.717, 1.165) is 12.1 Å². The molecule has 2 aromatic rings. The lowest BCUT2D eigenvalue weighted by Gasteiger charge is -2.25. The van der Waals surface area contributed by atoms with Gasteiger partial charge in [0.15, 0.2) is 5.78 Å². The van der Waals surface area contributed by atoms with Crippen LogP contribution in [0.15, 0.2) is 24.3 Å². The minimum atomic E-state index is -4.49. The van der Waals surface area contributed by atoms with Crippen LogP contribution in [0.1, 0.15) is 50.2 Å². The Hall–Kier alpha value is -3.14. The summed E-state index contributed by atoms with van der Waals surface area (Å²) < 4.78 is 44.1. The Bertz CT molecular complexity index is 1030. The van der Waals surface area contributed by atoms with Crippen molar-refractivity contribution in [2.45, 2.75) is 33.0 Å². The van der Waals surface area contributed by atoms with Crippen molar-refractivity contribution < 1.29 is 32.3 Å². The molecule has 0 spiro atoms. The first-order chi connectivity index (χ1) is 15.3. The highest BCUT2D eigenvalue weighted by atomic mass is 19.4. The molecule has 0 unspecified atom stereocenters. The van der Waals surface area contributed by atoms with E-state index in [4.69, 9.17) is 4.74 Å². The summed E-state index contributed by atoms with van der Waals surface area (Å²) in [6.45, 7) is 3.62. The maximum Gasteiger partial charge on any atom is 0.416 e. The molecule has 0 fully saturated rings. The lowest BCUT2D eigenvalue weighted by Crippen LogP contribution is -2.37. The first-order valence-electron chi connectivity index (χ1n) is 10.2. The van der Waals surface area contributed by atoms with Crippen LogP contribution in [0.2, 0.25) is 0 Å². The van der Waals surface area contributed by atoms with E-state index in [1.807, 2.05) is 19.0 Å². The van der Waals surface area contributed by atoms with Gasteiger partial charge in [0.25, 0.3) is 0 Å². The average molecular weight is 467 g/mol. The van der Waals surface area contributed by atoms with Gasteiger partial charge in [-0.2, -0.15) is 13.2 Å². The van der Waals surface area contributed by atoms with Crippen LogP contribution in [0.5, 0.6) is 0 Å². The van der Waals surface area contributed by atoms with E-state index in [-0.39, 0.29) is 42.2 Å². The SMILES string of the molecule is COC(=O)c1c(CC(=O)N(CCN(C)C)Cc2cccc(C(F)(F)F)c2)[nH]c(C(C)=O)c1C. The second-order valence-corrected chi connectivity index (χ2v) is 8.02. The molecule has 1 N–H and O–H groups in total. The van der Waals surface area contributed by atoms with Crippen LogP contribution >= 0.6 is 0 Å². The molecule has 10 heteroatoms. The number of aromatic amines is 1. The number of nitrogens with zero attached hydrogens (tertiary/aromatic N) is 2. The van der Waals surface area contributed by atoms with Crippen molar-refractivity contribution in [3.05, 3.63) is 57.9 Å². The molecule has 1 heterocycles. The third kappa shape index (κ3) is 6.67. The third-order valence-corrected chi connectivity index (χ3v) is 5.19. The van der Waals surface area contributed by atoms with E-state index in [1.165, 1.54) is 31.1 Å². The molecule has 0 aliphatic rings. The Kier molecular flexibility index (Phi) is 8.43. The number of ketones is 1. The number of rotatable bonds is 9. The third-order valence-electron chi connectivity index (χ3n) is 5.19. The molecule has 0 saturated carbocycles. The molecule has 33 heavy (non-hydrogen) atoms. The average Bonchev–Trinajstić information content (AvgIpc) is 3.05. The molecule has 0 saturated heterocycles. The normalized spacial score (nSPS) is 11.5. The topological polar surface area (TPSA) is 82.7 Å². The summed E-state index contributed by atoms with van der Waals surface area (Å²) in [5, 5.41) is 0. The van der Waals surface area contributed by atoms with Crippen LogP contribution in [0.4, 0.5) is 13.2 Å². The molecule has 0 radical (unpaired) electrons. The summed E-state index contributed by atoms with van der Waals surface area (Å²) in [7, 11) is 4.83. The van der Waals surface area contributed by atoms with Gasteiger partial charge in [-0.05, 0) is 44.3 Å². The molecule has 0 atom stereocenters. The van der Waals surface area contributed by atoms with E-state index in [2.05, 4.69) is 4.98 Å². The number of H-pyrrole nitrogens is 1. The van der Waals surface area contributed by atoms with E-state index in [9.17, 15) is 27.6 Å². The number of likely N-dealkylation sites (N-methyl/N-ethyl adjacent to an activating group) is 1. The number of hydrogen-bond donors (Lipinski definition) is 1. The first-order valence-corrected chi connectivity index (χ1v) is 10.2. The Morgan fingerprint density at radius 3 is 2.33 bits per heavy atom. The van der Waals surface area contributed by atoms with Crippen LogP contribution in [-0.2, 0) is 28.7 Å². The highest BCUT2D eigenvalue weighted by Gasteiger charge is 2.31. The largest absolute Gasteiger partial charge is 0.465 e. The Morgan fingerprint density at radius 2 is 1.79 bits per heavy atom. The van der Waals surface area contributed by atoms with Gasteiger partial charge in [0.1, 0.15) is 0 Å². The standard InChI is InChI=1S/C23H28F3N3O4/c1-14-20(22(32)33-5)18(27-21(14)15(2)30)12-19(31)29(10-9-28(3)4)13-16-7-6-8-17(11-16)23(24,25)26/h6-8,11,27H,9-10,12-13H2,1-5H3. The highest BCUT2D eigenvalue weighted by molar-refractivity contribution is 6.01.